The molecule has 0 radical (unpaired) electrons. The lowest BCUT2D eigenvalue weighted by Gasteiger charge is -2.06. The molecular formula is C16H34N2O. The average Bonchev–Trinajstić information content (AvgIpc) is 2.36. The second-order valence-corrected chi connectivity index (χ2v) is 4.97. The molecule has 0 fully saturated rings. The molecule has 0 bridgehead atoms. The van der Waals surface area contributed by atoms with E-state index >= 15 is 0 Å². The van der Waals surface area contributed by atoms with Crippen molar-refractivity contribution in [1.82, 2.24) is 0 Å². The van der Waals surface area contributed by atoms with Crippen molar-refractivity contribution in [3.05, 3.63) is 11.6 Å². The summed E-state index contributed by atoms with van der Waals surface area (Å²) in [6, 6.07) is -0.833. The topological polar surface area (TPSA) is 69.1 Å². The number of amides is 2. The molecule has 0 aliphatic rings. The van der Waals surface area contributed by atoms with E-state index in [9.17, 15) is 0 Å². The van der Waals surface area contributed by atoms with Gasteiger partial charge in [-0.25, -0.2) is 4.79 Å². The van der Waals surface area contributed by atoms with Crippen LogP contribution in [0.2, 0.25) is 0 Å². The number of hydrogen-bond donors (Lipinski definition) is 2. The third-order valence-corrected chi connectivity index (χ3v) is 3.11. The van der Waals surface area contributed by atoms with Crippen molar-refractivity contribution >= 4 is 6.03 Å². The lowest BCUT2D eigenvalue weighted by Crippen LogP contribution is -2.18. The van der Waals surface area contributed by atoms with Gasteiger partial charge in [-0.15, -0.1) is 0 Å². The number of unbranched alkanes of at least 4 members (excludes halogenated alkanes) is 6. The van der Waals surface area contributed by atoms with Crippen molar-refractivity contribution in [2.24, 2.45) is 11.5 Å². The van der Waals surface area contributed by atoms with Gasteiger partial charge in [-0.3, -0.25) is 0 Å². The maximum atomic E-state index is 9.00. The van der Waals surface area contributed by atoms with Gasteiger partial charge >= 0.3 is 6.03 Å². The molecule has 2 amide bonds. The zero-order chi connectivity index (χ0) is 14.9. The van der Waals surface area contributed by atoms with Crippen LogP contribution in [0, 0.1) is 0 Å². The van der Waals surface area contributed by atoms with Gasteiger partial charge in [0.05, 0.1) is 0 Å². The van der Waals surface area contributed by atoms with E-state index in [1.165, 1.54) is 64.2 Å². The highest BCUT2D eigenvalue weighted by Gasteiger charge is 1.97. The first-order valence-corrected chi connectivity index (χ1v) is 7.77. The number of carbonyl (C=O) groups excluding carboxylic acids is 1. The Morgan fingerprint density at radius 3 is 1.47 bits per heavy atom. The Kier molecular flexibility index (Phi) is 18.2. The molecule has 3 heteroatoms. The molecular weight excluding hydrogens is 236 g/mol. The molecule has 3 nitrogen and oxygen atoms in total. The monoisotopic (exact) mass is 270 g/mol. The quantitative estimate of drug-likeness (QED) is 0.430. The van der Waals surface area contributed by atoms with Crippen LogP contribution in [0.4, 0.5) is 4.79 Å². The van der Waals surface area contributed by atoms with E-state index < -0.39 is 6.03 Å². The SMILES string of the molecule is CC=C(CCCCCC)CCCCCC.NC(N)=O. The number of allylic oxidation sites excluding steroid dienone is 2. The number of urea groups is 1. The average molecular weight is 270 g/mol. The predicted octanol–water partition coefficient (Wildman–Crippen LogP) is 4.90. The van der Waals surface area contributed by atoms with Gasteiger partial charge in [-0.1, -0.05) is 64.0 Å². The van der Waals surface area contributed by atoms with Crippen LogP contribution < -0.4 is 11.5 Å². The third kappa shape index (κ3) is 22.6. The Morgan fingerprint density at radius 2 is 1.21 bits per heavy atom. The zero-order valence-corrected chi connectivity index (χ0v) is 13.2. The standard InChI is InChI=1S/C15H30.CH4N2O/c1-4-7-9-11-13-15(6-3)14-12-10-8-5-2;2-1(3)4/h6H,4-5,7-14H2,1-3H3;(H4,2,3,4). The number of carbonyl (C=O) groups is 1. The van der Waals surface area contributed by atoms with Gasteiger partial charge in [0.1, 0.15) is 0 Å². The maximum Gasteiger partial charge on any atom is 0.309 e. The molecule has 0 heterocycles. The smallest absolute Gasteiger partial charge is 0.309 e. The Hall–Kier alpha value is -0.990. The van der Waals surface area contributed by atoms with E-state index in [-0.39, 0.29) is 0 Å². The molecule has 0 aromatic heterocycles. The van der Waals surface area contributed by atoms with Crippen LogP contribution in [0.15, 0.2) is 11.6 Å². The van der Waals surface area contributed by atoms with Crippen LogP contribution in [0.5, 0.6) is 0 Å². The Balaban J connectivity index is 0. The normalized spacial score (nSPS) is 9.42. The van der Waals surface area contributed by atoms with Gasteiger partial charge in [-0.05, 0) is 32.6 Å². The summed E-state index contributed by atoms with van der Waals surface area (Å²) >= 11 is 0. The maximum absolute atomic E-state index is 9.00. The first kappa shape index (κ1) is 20.3. The predicted molar refractivity (Wildman–Crippen MR) is 85.0 cm³/mol. The number of nitrogens with two attached hydrogens (primary N) is 2. The van der Waals surface area contributed by atoms with Gasteiger partial charge < -0.3 is 11.5 Å². The molecule has 0 aromatic carbocycles. The highest BCUT2D eigenvalue weighted by atomic mass is 16.2. The van der Waals surface area contributed by atoms with Gasteiger partial charge in [0, 0.05) is 0 Å². The van der Waals surface area contributed by atoms with E-state index in [0.717, 1.165) is 0 Å². The lowest BCUT2D eigenvalue weighted by molar-refractivity contribution is 0.256. The van der Waals surface area contributed by atoms with E-state index in [1.54, 1.807) is 5.57 Å². The van der Waals surface area contributed by atoms with Crippen molar-refractivity contribution in [2.45, 2.75) is 85.0 Å². The van der Waals surface area contributed by atoms with E-state index in [4.69, 9.17) is 4.79 Å². The van der Waals surface area contributed by atoms with Gasteiger partial charge in [0.2, 0.25) is 0 Å². The summed E-state index contributed by atoms with van der Waals surface area (Å²) in [6.07, 6.45) is 16.2. The fraction of sp³-hybridized carbons (Fsp3) is 0.812. The van der Waals surface area contributed by atoms with Crippen LogP contribution in [-0.4, -0.2) is 6.03 Å². The Labute approximate surface area is 119 Å². The summed E-state index contributed by atoms with van der Waals surface area (Å²) in [5, 5.41) is 0. The molecule has 0 saturated carbocycles. The molecule has 114 valence electrons. The molecule has 4 N–H and O–H groups in total. The van der Waals surface area contributed by atoms with Gasteiger partial charge in [0.25, 0.3) is 0 Å². The van der Waals surface area contributed by atoms with Crippen molar-refractivity contribution in [3.8, 4) is 0 Å². The minimum Gasteiger partial charge on any atom is -0.352 e. The number of primary amides is 2. The van der Waals surface area contributed by atoms with E-state index in [1.807, 2.05) is 0 Å². The van der Waals surface area contributed by atoms with Crippen molar-refractivity contribution < 1.29 is 4.79 Å². The summed E-state index contributed by atoms with van der Waals surface area (Å²) in [5.74, 6) is 0. The minimum absolute atomic E-state index is 0.833. The van der Waals surface area contributed by atoms with Crippen LogP contribution in [0.25, 0.3) is 0 Å². The Bertz CT molecular complexity index is 207. The van der Waals surface area contributed by atoms with Crippen molar-refractivity contribution in [1.29, 1.82) is 0 Å². The second kappa shape index (κ2) is 17.0. The summed E-state index contributed by atoms with van der Waals surface area (Å²) in [5.41, 5.74) is 10.2. The summed E-state index contributed by atoms with van der Waals surface area (Å²) in [4.78, 5) is 9.00. The van der Waals surface area contributed by atoms with Crippen LogP contribution >= 0.6 is 0 Å². The zero-order valence-electron chi connectivity index (χ0n) is 13.2. The first-order valence-electron chi connectivity index (χ1n) is 7.77. The minimum atomic E-state index is -0.833. The van der Waals surface area contributed by atoms with E-state index in [2.05, 4.69) is 38.3 Å². The fourth-order valence-corrected chi connectivity index (χ4v) is 1.97. The lowest BCUT2D eigenvalue weighted by atomic mass is 10.0. The Morgan fingerprint density at radius 1 is 0.842 bits per heavy atom. The number of rotatable bonds is 10. The summed E-state index contributed by atoms with van der Waals surface area (Å²) in [6.45, 7) is 6.76. The van der Waals surface area contributed by atoms with Gasteiger partial charge in [-0.2, -0.15) is 0 Å². The molecule has 0 unspecified atom stereocenters. The second-order valence-electron chi connectivity index (χ2n) is 4.97. The fourth-order valence-electron chi connectivity index (χ4n) is 1.97. The van der Waals surface area contributed by atoms with E-state index in [0.29, 0.717) is 0 Å². The molecule has 0 spiro atoms. The van der Waals surface area contributed by atoms with Crippen molar-refractivity contribution in [3.63, 3.8) is 0 Å². The molecule has 0 aliphatic carbocycles. The molecule has 0 rings (SSSR count). The largest absolute Gasteiger partial charge is 0.352 e. The molecule has 0 atom stereocenters. The molecule has 0 saturated heterocycles. The highest BCUT2D eigenvalue weighted by Crippen LogP contribution is 2.17. The third-order valence-electron chi connectivity index (χ3n) is 3.11. The van der Waals surface area contributed by atoms with Gasteiger partial charge in [0.15, 0.2) is 0 Å². The van der Waals surface area contributed by atoms with Crippen LogP contribution in [0.1, 0.15) is 85.0 Å². The van der Waals surface area contributed by atoms with Crippen LogP contribution in [0.3, 0.4) is 0 Å². The summed E-state index contributed by atoms with van der Waals surface area (Å²) < 4.78 is 0. The first-order chi connectivity index (χ1) is 9.08. The summed E-state index contributed by atoms with van der Waals surface area (Å²) in [7, 11) is 0. The molecule has 0 aromatic rings. The van der Waals surface area contributed by atoms with Crippen molar-refractivity contribution in [2.75, 3.05) is 0 Å². The highest BCUT2D eigenvalue weighted by molar-refractivity contribution is 5.69. The number of hydrogen-bond acceptors (Lipinski definition) is 1. The molecule has 19 heavy (non-hydrogen) atoms. The van der Waals surface area contributed by atoms with Crippen LogP contribution in [-0.2, 0) is 0 Å². The molecule has 0 aliphatic heterocycles.